The quantitative estimate of drug-likeness (QED) is 0.783. The molecule has 21 heavy (non-hydrogen) atoms. The first-order chi connectivity index (χ1) is 10.00. The molecule has 0 radical (unpaired) electrons. The van der Waals surface area contributed by atoms with Crippen molar-refractivity contribution in [2.45, 2.75) is 32.7 Å². The van der Waals surface area contributed by atoms with E-state index in [-0.39, 0.29) is 11.2 Å². The number of hydrogen-bond donors (Lipinski definition) is 1. The van der Waals surface area contributed by atoms with Crippen molar-refractivity contribution in [2.75, 3.05) is 33.7 Å². The van der Waals surface area contributed by atoms with E-state index in [0.29, 0.717) is 17.3 Å². The Morgan fingerprint density at radius 3 is 2.90 bits per heavy atom. The average molecular weight is 313 g/mol. The number of rotatable bonds is 7. The molecule has 2 rings (SSSR count). The molecule has 0 saturated carbocycles. The standard InChI is InChI=1S/C15H25ClN4O/c1-4-5-15(6-7-17-11-15)14(21)13-12(16)10-18-20(13)9-8-19(2)3/h10,17H,4-9,11H2,1-3H3. The van der Waals surface area contributed by atoms with Gasteiger partial charge in [0, 0.05) is 18.5 Å². The summed E-state index contributed by atoms with van der Waals surface area (Å²) in [6.07, 6.45) is 4.37. The summed E-state index contributed by atoms with van der Waals surface area (Å²) in [5.74, 6) is 0.149. The van der Waals surface area contributed by atoms with E-state index in [9.17, 15) is 4.79 Å². The lowest BCUT2D eigenvalue weighted by atomic mass is 9.77. The Morgan fingerprint density at radius 1 is 1.57 bits per heavy atom. The number of likely N-dealkylation sites (N-methyl/N-ethyl adjacent to an activating group) is 1. The largest absolute Gasteiger partial charge is 0.316 e. The molecule has 0 spiro atoms. The number of halogens is 1. The van der Waals surface area contributed by atoms with Crippen molar-refractivity contribution in [1.29, 1.82) is 0 Å². The first-order valence-electron chi connectivity index (χ1n) is 7.62. The Balaban J connectivity index is 2.27. The average Bonchev–Trinajstić information content (AvgIpc) is 3.04. The Morgan fingerprint density at radius 2 is 2.33 bits per heavy atom. The second-order valence-corrected chi connectivity index (χ2v) is 6.56. The maximum absolute atomic E-state index is 13.1. The van der Waals surface area contributed by atoms with Crippen LogP contribution in [-0.4, -0.2) is 54.2 Å². The van der Waals surface area contributed by atoms with E-state index in [0.717, 1.165) is 38.9 Å². The van der Waals surface area contributed by atoms with Gasteiger partial charge < -0.3 is 10.2 Å². The van der Waals surface area contributed by atoms with Crippen LogP contribution < -0.4 is 5.32 Å². The third kappa shape index (κ3) is 3.47. The molecule has 0 aromatic carbocycles. The summed E-state index contributed by atoms with van der Waals surface area (Å²) in [6.45, 7) is 5.27. The number of hydrogen-bond acceptors (Lipinski definition) is 4. The first kappa shape index (κ1) is 16.5. The molecular formula is C15H25ClN4O. The van der Waals surface area contributed by atoms with Gasteiger partial charge in [0.15, 0.2) is 5.78 Å². The molecule has 1 saturated heterocycles. The highest BCUT2D eigenvalue weighted by Crippen LogP contribution is 2.36. The molecule has 1 unspecified atom stereocenters. The van der Waals surface area contributed by atoms with Crippen LogP contribution in [0.15, 0.2) is 6.20 Å². The van der Waals surface area contributed by atoms with Gasteiger partial charge in [0.2, 0.25) is 0 Å². The maximum Gasteiger partial charge on any atom is 0.189 e. The Hall–Kier alpha value is -0.910. The van der Waals surface area contributed by atoms with Crippen molar-refractivity contribution in [2.24, 2.45) is 5.41 Å². The predicted molar refractivity (Wildman–Crippen MR) is 84.9 cm³/mol. The van der Waals surface area contributed by atoms with Gasteiger partial charge in [-0.2, -0.15) is 5.10 Å². The number of nitrogens with one attached hydrogen (secondary N) is 1. The topological polar surface area (TPSA) is 50.2 Å². The SMILES string of the molecule is CCCC1(C(=O)c2c(Cl)cnn2CCN(C)C)CCNC1. The second-order valence-electron chi connectivity index (χ2n) is 6.15. The zero-order valence-corrected chi connectivity index (χ0v) is 13.9. The van der Waals surface area contributed by atoms with Crippen LogP contribution in [0.3, 0.4) is 0 Å². The third-order valence-electron chi connectivity index (χ3n) is 4.22. The fourth-order valence-corrected chi connectivity index (χ4v) is 3.27. The summed E-state index contributed by atoms with van der Waals surface area (Å²) in [5, 5.41) is 8.09. The number of ketones is 1. The van der Waals surface area contributed by atoms with E-state index in [2.05, 4.69) is 22.2 Å². The lowest BCUT2D eigenvalue weighted by Crippen LogP contribution is -2.35. The van der Waals surface area contributed by atoms with Crippen molar-refractivity contribution >= 4 is 17.4 Å². The predicted octanol–water partition coefficient (Wildman–Crippen LogP) is 2.06. The molecule has 0 amide bonds. The van der Waals surface area contributed by atoms with Gasteiger partial charge in [0.1, 0.15) is 5.69 Å². The molecule has 118 valence electrons. The third-order valence-corrected chi connectivity index (χ3v) is 4.50. The minimum Gasteiger partial charge on any atom is -0.316 e. The van der Waals surface area contributed by atoms with Gasteiger partial charge >= 0.3 is 0 Å². The van der Waals surface area contributed by atoms with Crippen molar-refractivity contribution in [3.8, 4) is 0 Å². The van der Waals surface area contributed by atoms with Crippen LogP contribution in [0.25, 0.3) is 0 Å². The summed E-state index contributed by atoms with van der Waals surface area (Å²) in [6, 6.07) is 0. The highest BCUT2D eigenvalue weighted by Gasteiger charge is 2.42. The van der Waals surface area contributed by atoms with Crippen LogP contribution >= 0.6 is 11.6 Å². The lowest BCUT2D eigenvalue weighted by molar-refractivity contribution is 0.0789. The molecule has 0 bridgehead atoms. The van der Waals surface area contributed by atoms with Crippen molar-refractivity contribution in [3.05, 3.63) is 16.9 Å². The monoisotopic (exact) mass is 312 g/mol. The second kappa shape index (κ2) is 6.90. The van der Waals surface area contributed by atoms with Gasteiger partial charge in [-0.25, -0.2) is 0 Å². The van der Waals surface area contributed by atoms with Gasteiger partial charge in [-0.15, -0.1) is 0 Å². The molecule has 2 heterocycles. The van der Waals surface area contributed by atoms with Gasteiger partial charge in [0.25, 0.3) is 0 Å². The Labute approximate surface area is 131 Å². The summed E-state index contributed by atoms with van der Waals surface area (Å²) in [4.78, 5) is 15.2. The van der Waals surface area contributed by atoms with Gasteiger partial charge in [0.05, 0.1) is 17.8 Å². The molecule has 1 atom stereocenters. The minimum atomic E-state index is -0.311. The minimum absolute atomic E-state index is 0.149. The van der Waals surface area contributed by atoms with E-state index in [1.807, 2.05) is 14.1 Å². The van der Waals surface area contributed by atoms with Crippen molar-refractivity contribution < 1.29 is 4.79 Å². The molecule has 1 N–H and O–H groups in total. The fraction of sp³-hybridized carbons (Fsp3) is 0.733. The van der Waals surface area contributed by atoms with Crippen LogP contribution in [0.4, 0.5) is 0 Å². The van der Waals surface area contributed by atoms with Gasteiger partial charge in [-0.3, -0.25) is 9.48 Å². The maximum atomic E-state index is 13.1. The normalized spacial score (nSPS) is 22.1. The van der Waals surface area contributed by atoms with Crippen molar-refractivity contribution in [1.82, 2.24) is 20.0 Å². The molecule has 1 fully saturated rings. The van der Waals surface area contributed by atoms with E-state index in [4.69, 9.17) is 11.6 Å². The summed E-state index contributed by atoms with van der Waals surface area (Å²) in [7, 11) is 4.01. The van der Waals surface area contributed by atoms with Crippen molar-refractivity contribution in [3.63, 3.8) is 0 Å². The van der Waals surface area contributed by atoms with Crippen LogP contribution in [0.5, 0.6) is 0 Å². The summed E-state index contributed by atoms with van der Waals surface area (Å²) in [5.41, 5.74) is 0.268. The number of carbonyl (C=O) groups is 1. The number of Topliss-reactive ketones (excluding diaryl/α,β-unsaturated/α-hetero) is 1. The summed E-state index contributed by atoms with van der Waals surface area (Å²) >= 11 is 6.26. The van der Waals surface area contributed by atoms with Crippen LogP contribution in [0, 0.1) is 5.41 Å². The molecule has 1 aliphatic heterocycles. The number of aromatic nitrogens is 2. The molecule has 1 aliphatic rings. The number of nitrogens with zero attached hydrogens (tertiary/aromatic N) is 3. The van der Waals surface area contributed by atoms with E-state index in [1.165, 1.54) is 0 Å². The molecule has 6 heteroatoms. The van der Waals surface area contributed by atoms with Crippen LogP contribution in [-0.2, 0) is 6.54 Å². The lowest BCUT2D eigenvalue weighted by Gasteiger charge is -2.26. The first-order valence-corrected chi connectivity index (χ1v) is 7.99. The van der Waals surface area contributed by atoms with Gasteiger partial charge in [-0.05, 0) is 33.5 Å². The molecule has 1 aromatic rings. The highest BCUT2D eigenvalue weighted by atomic mass is 35.5. The summed E-state index contributed by atoms with van der Waals surface area (Å²) < 4.78 is 1.76. The molecular weight excluding hydrogens is 288 g/mol. The van der Waals surface area contributed by atoms with Crippen LogP contribution in [0.2, 0.25) is 5.02 Å². The molecule has 0 aliphatic carbocycles. The number of carbonyl (C=O) groups excluding carboxylic acids is 1. The Bertz CT molecular complexity index is 492. The highest BCUT2D eigenvalue weighted by molar-refractivity contribution is 6.33. The zero-order valence-electron chi connectivity index (χ0n) is 13.2. The molecule has 5 nitrogen and oxygen atoms in total. The van der Waals surface area contributed by atoms with Crippen LogP contribution in [0.1, 0.15) is 36.7 Å². The van der Waals surface area contributed by atoms with E-state index in [1.54, 1.807) is 10.9 Å². The van der Waals surface area contributed by atoms with E-state index < -0.39 is 0 Å². The zero-order chi connectivity index (χ0) is 15.5. The van der Waals surface area contributed by atoms with E-state index >= 15 is 0 Å². The molecule has 1 aromatic heterocycles. The smallest absolute Gasteiger partial charge is 0.189 e. The van der Waals surface area contributed by atoms with Gasteiger partial charge in [-0.1, -0.05) is 24.9 Å². The Kier molecular flexibility index (Phi) is 5.41. The fourth-order valence-electron chi connectivity index (χ4n) is 3.05.